The van der Waals surface area contributed by atoms with E-state index in [1.807, 2.05) is 87.8 Å². The number of ether oxygens (including phenoxy) is 5. The number of rotatable bonds is 31. The zero-order valence-electron chi connectivity index (χ0n) is 49.0. The van der Waals surface area contributed by atoms with Gasteiger partial charge in [0, 0.05) is 81.8 Å². The molecule has 85 heavy (non-hydrogen) atoms. The van der Waals surface area contributed by atoms with Gasteiger partial charge in [-0.3, -0.25) is 24.1 Å². The number of likely N-dealkylation sites (tertiary alicyclic amines) is 1. The van der Waals surface area contributed by atoms with Gasteiger partial charge in [0.1, 0.15) is 12.1 Å². The number of hydrogen-bond donors (Lipinski definition) is 5. The van der Waals surface area contributed by atoms with Crippen molar-refractivity contribution in [2.75, 3.05) is 128 Å². The number of aliphatic hydroxyl groups excluding tert-OH is 1. The highest BCUT2D eigenvalue weighted by Gasteiger charge is 2.44. The van der Waals surface area contributed by atoms with Gasteiger partial charge in [0.05, 0.1) is 105 Å². The Hall–Kier alpha value is -6.94. The normalized spacial score (nSPS) is 16.2. The van der Waals surface area contributed by atoms with Crippen LogP contribution in [0.15, 0.2) is 101 Å². The number of benzene rings is 3. The van der Waals surface area contributed by atoms with Gasteiger partial charge in [-0.25, -0.2) is 17.9 Å². The van der Waals surface area contributed by atoms with Crippen molar-refractivity contribution in [3.8, 4) is 21.7 Å². The third-order valence-corrected chi connectivity index (χ3v) is 16.5. The van der Waals surface area contributed by atoms with Crippen LogP contribution >= 0.6 is 11.3 Å². The highest BCUT2D eigenvalue weighted by Crippen LogP contribution is 2.30. The fourth-order valence-corrected chi connectivity index (χ4v) is 11.2. The molecule has 2 aliphatic heterocycles. The molecule has 3 aromatic heterocycles. The molecule has 2 aliphatic rings. The topological polar surface area (TPSA) is 270 Å². The van der Waals surface area contributed by atoms with Crippen molar-refractivity contribution in [2.45, 2.75) is 70.2 Å². The van der Waals surface area contributed by atoms with E-state index in [-0.39, 0.29) is 61.8 Å². The van der Waals surface area contributed by atoms with Crippen LogP contribution in [0.25, 0.3) is 27.3 Å². The molecule has 4 amide bonds. The van der Waals surface area contributed by atoms with Crippen LogP contribution in [0.5, 0.6) is 0 Å². The molecule has 5 N–H and O–H groups in total. The van der Waals surface area contributed by atoms with E-state index in [0.29, 0.717) is 77.5 Å². The number of piperazine rings is 1. The van der Waals surface area contributed by atoms with Gasteiger partial charge in [0.25, 0.3) is 0 Å². The van der Waals surface area contributed by atoms with Gasteiger partial charge >= 0.3 is 0 Å². The molecule has 3 aromatic carbocycles. The molecule has 0 spiro atoms. The van der Waals surface area contributed by atoms with E-state index in [4.69, 9.17) is 23.7 Å². The van der Waals surface area contributed by atoms with Crippen LogP contribution in [0.4, 0.5) is 17.3 Å². The van der Waals surface area contributed by atoms with Crippen LogP contribution in [-0.4, -0.2) is 203 Å². The number of nitrogens with zero attached hydrogens (tertiary/aromatic N) is 7. The van der Waals surface area contributed by atoms with Crippen LogP contribution in [0.1, 0.15) is 44.9 Å². The fraction of sp³-hybridized carbons (Fsp3) is 0.483. The number of hydrogen-bond acceptors (Lipinski definition) is 19. The van der Waals surface area contributed by atoms with Crippen molar-refractivity contribution in [3.05, 3.63) is 108 Å². The molecular weight excluding hydrogens is 1130 g/mol. The smallest absolute Gasteiger partial charge is 0.247 e. The van der Waals surface area contributed by atoms with Crippen LogP contribution in [-0.2, 0) is 59.2 Å². The number of fused-ring (bicyclic) bond motifs is 1. The lowest BCUT2D eigenvalue weighted by atomic mass is 9.85. The fourth-order valence-electron chi connectivity index (χ4n) is 9.78. The number of carbonyl (C=O) groups excluding carboxylic acids is 4. The molecule has 25 heteroatoms. The van der Waals surface area contributed by atoms with Gasteiger partial charge in [0.2, 0.25) is 29.6 Å². The molecule has 2 saturated heterocycles. The first-order valence-corrected chi connectivity index (χ1v) is 31.4. The third-order valence-electron chi connectivity index (χ3n) is 14.4. The first kappa shape index (κ1) is 64.1. The van der Waals surface area contributed by atoms with Crippen LogP contribution in [0.3, 0.4) is 0 Å². The summed E-state index contributed by atoms with van der Waals surface area (Å²) in [5, 5.41) is 27.2. The number of amides is 4. The number of carbonyl (C=O) groups is 4. The van der Waals surface area contributed by atoms with E-state index < -0.39 is 39.3 Å². The molecule has 0 unspecified atom stereocenters. The Kier molecular flexibility index (Phi) is 23.3. The number of β-amino-alcohol motifs (C(OH)–C–C–N with tert-alkyl or cyclic N) is 1. The first-order chi connectivity index (χ1) is 40.9. The minimum absolute atomic E-state index is 0.0115. The number of sulfone groups is 1. The maximum Gasteiger partial charge on any atom is 0.247 e. The summed E-state index contributed by atoms with van der Waals surface area (Å²) in [6.07, 6.45) is 0.435. The Bertz CT molecular complexity index is 3240. The summed E-state index contributed by atoms with van der Waals surface area (Å²) in [6.45, 7) is 14.9. The lowest BCUT2D eigenvalue weighted by molar-refractivity contribution is -0.144. The van der Waals surface area contributed by atoms with E-state index in [0.717, 1.165) is 70.5 Å². The number of aromatic nitrogens is 4. The highest BCUT2D eigenvalue weighted by molar-refractivity contribution is 7.90. The lowest BCUT2D eigenvalue weighted by Gasteiger charge is -2.35. The van der Waals surface area contributed by atoms with Gasteiger partial charge < -0.3 is 59.9 Å². The van der Waals surface area contributed by atoms with Crippen LogP contribution in [0.2, 0.25) is 0 Å². The average molecular weight is 1210 g/mol. The Labute approximate surface area is 500 Å². The molecule has 6 aromatic rings. The second kappa shape index (κ2) is 30.9. The quantitative estimate of drug-likeness (QED) is 0.0375. The summed E-state index contributed by atoms with van der Waals surface area (Å²) in [4.78, 5) is 69.2. The number of aryl methyl sites for hydroxylation is 1. The maximum absolute atomic E-state index is 14.0. The summed E-state index contributed by atoms with van der Waals surface area (Å²) >= 11 is 1.57. The second-order valence-corrected chi connectivity index (χ2v) is 24.8. The first-order valence-electron chi connectivity index (χ1n) is 28.6. The molecule has 23 nitrogen and oxygen atoms in total. The predicted octanol–water partition coefficient (Wildman–Crippen LogP) is 4.50. The lowest BCUT2D eigenvalue weighted by Crippen LogP contribution is -2.57. The molecule has 0 radical (unpaired) electrons. The van der Waals surface area contributed by atoms with Gasteiger partial charge in [-0.15, -0.1) is 16.4 Å². The van der Waals surface area contributed by atoms with Gasteiger partial charge in [-0.2, -0.15) is 4.98 Å². The summed E-state index contributed by atoms with van der Waals surface area (Å²) in [6, 6.07) is 26.5. The Morgan fingerprint density at radius 1 is 0.753 bits per heavy atom. The summed E-state index contributed by atoms with van der Waals surface area (Å²) in [5.74, 6) is -0.780. The van der Waals surface area contributed by atoms with E-state index in [9.17, 15) is 32.7 Å². The Morgan fingerprint density at radius 2 is 1.38 bits per heavy atom. The van der Waals surface area contributed by atoms with Crippen molar-refractivity contribution in [2.24, 2.45) is 5.41 Å². The molecule has 2 fully saturated rings. The van der Waals surface area contributed by atoms with Gasteiger partial charge in [-0.05, 0) is 72.0 Å². The van der Waals surface area contributed by atoms with Crippen LogP contribution in [0, 0.1) is 12.3 Å². The minimum Gasteiger partial charge on any atom is -0.391 e. The molecule has 0 saturated carbocycles. The molecular formula is C60H79N11O12S2. The van der Waals surface area contributed by atoms with E-state index >= 15 is 0 Å². The summed E-state index contributed by atoms with van der Waals surface area (Å²) < 4.78 is 53.6. The Balaban J connectivity index is 0.598. The standard InChI is InChI=1S/C60H79N11O12S2/c1-42-55(84-41-63-42)45-11-9-43(10-12-45)38-62-57(75)51-37-48(72)39-70(51)58(76)56(60(2,3)4)66-53(73)21-27-79-29-31-81-33-35-83-36-34-82-32-30-80-28-22-61-54(74)40-68-23-25-69(26-24-68)47-17-15-46(16-18-47)64-59-65-52-8-6-7-50(71(52)67-59)44-13-19-49(20-14-44)85(5,77)78/h6-20,41,48,51,56,72H,21-40H2,1-5H3,(H,61,74)(H,62,75)(H,64,67)(H,66,73)/t48-,51+,56-/m1/s1. The largest absolute Gasteiger partial charge is 0.391 e. The SMILES string of the molecule is Cc1ncsc1-c1ccc(CNC(=O)[C@@H]2C[C@@H](O)CN2C(=O)[C@@H](NC(=O)CCOCCOCCOCCOCCOCCNC(=O)CN2CCN(c3ccc(Nc4nc5cccc(-c6ccc(S(C)(=O)=O)cc6)n5n4)cc3)CC2)C(C)(C)C)cc1. The zero-order chi connectivity index (χ0) is 60.3. The zero-order valence-corrected chi connectivity index (χ0v) is 50.6. The number of aliphatic hydroxyl groups is 1. The summed E-state index contributed by atoms with van der Waals surface area (Å²) in [5.41, 5.74) is 8.19. The van der Waals surface area contributed by atoms with Crippen molar-refractivity contribution < 1.29 is 56.4 Å². The highest BCUT2D eigenvalue weighted by atomic mass is 32.2. The minimum atomic E-state index is -3.30. The average Bonchev–Trinajstić information content (AvgIpc) is 3.19. The monoisotopic (exact) mass is 1210 g/mol. The van der Waals surface area contributed by atoms with E-state index in [1.165, 1.54) is 11.2 Å². The van der Waals surface area contributed by atoms with Crippen molar-refractivity contribution in [3.63, 3.8) is 0 Å². The maximum atomic E-state index is 14.0. The van der Waals surface area contributed by atoms with Crippen molar-refractivity contribution >= 4 is 67.8 Å². The van der Waals surface area contributed by atoms with Crippen LogP contribution < -0.4 is 26.2 Å². The number of thiazole rings is 1. The number of anilines is 3. The predicted molar refractivity (Wildman–Crippen MR) is 323 cm³/mol. The van der Waals surface area contributed by atoms with E-state index in [1.54, 1.807) is 40.1 Å². The third kappa shape index (κ3) is 19.0. The van der Waals surface area contributed by atoms with Crippen molar-refractivity contribution in [1.29, 1.82) is 0 Å². The van der Waals surface area contributed by atoms with Gasteiger partial charge in [-0.1, -0.05) is 63.2 Å². The van der Waals surface area contributed by atoms with Crippen molar-refractivity contribution in [1.82, 2.24) is 45.3 Å². The molecule has 0 aliphatic carbocycles. The molecule has 458 valence electrons. The van der Waals surface area contributed by atoms with Gasteiger partial charge in [0.15, 0.2) is 15.5 Å². The van der Waals surface area contributed by atoms with E-state index in [2.05, 4.69) is 58.3 Å². The number of pyridine rings is 1. The molecule has 0 bridgehead atoms. The number of nitrogens with one attached hydrogen (secondary N) is 4. The molecule has 5 heterocycles. The molecule has 3 atom stereocenters. The Morgan fingerprint density at radius 3 is 1.99 bits per heavy atom. The summed E-state index contributed by atoms with van der Waals surface area (Å²) in [7, 11) is -3.30. The molecule has 8 rings (SSSR count). The second-order valence-electron chi connectivity index (χ2n) is 22.0.